The topological polar surface area (TPSA) is 80.9 Å². The fraction of sp³-hybridized carbons (Fsp3) is 0.333. The molecule has 0 saturated carbocycles. The van der Waals surface area contributed by atoms with Crippen LogP contribution in [0.15, 0.2) is 23.2 Å². The van der Waals surface area contributed by atoms with Crippen LogP contribution < -0.4 is 10.6 Å². The van der Waals surface area contributed by atoms with Gasteiger partial charge in [0.1, 0.15) is 4.88 Å². The molecule has 1 aromatic heterocycles. The molecule has 0 atom stereocenters. The molecule has 1 amide bonds. The molecule has 2 aromatic rings. The minimum atomic E-state index is -0.375. The lowest BCUT2D eigenvalue weighted by Crippen LogP contribution is -2.25. The summed E-state index contributed by atoms with van der Waals surface area (Å²) in [6, 6.07) is 5.56. The highest BCUT2D eigenvalue weighted by molar-refractivity contribution is 7.73. The summed E-state index contributed by atoms with van der Waals surface area (Å²) in [7, 11) is 0. The molecule has 0 unspecified atom stereocenters. The third-order valence-corrected chi connectivity index (χ3v) is 5.55. The Labute approximate surface area is 159 Å². The number of amides is 1. The Morgan fingerprint density at radius 3 is 2.92 bits per heavy atom. The van der Waals surface area contributed by atoms with Crippen LogP contribution in [0.1, 0.15) is 30.2 Å². The number of rotatable bonds is 6. The zero-order chi connectivity index (χ0) is 18.8. The molecule has 1 aliphatic heterocycles. The van der Waals surface area contributed by atoms with Crippen molar-refractivity contribution in [3.8, 4) is 5.88 Å². The minimum Gasteiger partial charge on any atom is -0.493 e. The second kappa shape index (κ2) is 7.51. The molecule has 0 spiro atoms. The van der Waals surface area contributed by atoms with E-state index in [-0.39, 0.29) is 24.2 Å². The SMILES string of the molecule is CCOC(=O)CCCn1c(O)c(C2=c3cccc(C)c3=NC2=O)sc1=S. The van der Waals surface area contributed by atoms with E-state index < -0.39 is 0 Å². The zero-order valence-corrected chi connectivity index (χ0v) is 16.1. The van der Waals surface area contributed by atoms with Crippen LogP contribution in [-0.4, -0.2) is 28.2 Å². The highest BCUT2D eigenvalue weighted by atomic mass is 32.1. The molecule has 0 radical (unpaired) electrons. The summed E-state index contributed by atoms with van der Waals surface area (Å²) in [4.78, 5) is 28.4. The van der Waals surface area contributed by atoms with Crippen LogP contribution in [0.3, 0.4) is 0 Å². The Morgan fingerprint density at radius 2 is 2.19 bits per heavy atom. The average molecular weight is 390 g/mol. The molecular formula is C18H18N2O4S2. The third-order valence-electron chi connectivity index (χ3n) is 4.10. The number of hydrogen-bond donors (Lipinski definition) is 1. The first-order valence-electron chi connectivity index (χ1n) is 8.25. The molecule has 1 N–H and O–H groups in total. The van der Waals surface area contributed by atoms with Crippen LogP contribution in [0.4, 0.5) is 0 Å². The first-order chi connectivity index (χ1) is 12.4. The van der Waals surface area contributed by atoms with Crippen LogP contribution >= 0.6 is 23.6 Å². The number of aryl methyl sites for hydroxylation is 1. The standard InChI is InChI=1S/C18H18N2O4S2/c1-3-24-12(21)8-5-9-20-17(23)15(26-18(20)25)13-11-7-4-6-10(2)14(11)19-16(13)22/h4,6-7,23H,3,5,8-9H2,1-2H3. The summed E-state index contributed by atoms with van der Waals surface area (Å²) in [5, 5.41) is 12.0. The molecule has 3 rings (SSSR count). The predicted octanol–water partition coefficient (Wildman–Crippen LogP) is 2.00. The Morgan fingerprint density at radius 1 is 1.42 bits per heavy atom. The van der Waals surface area contributed by atoms with Crippen LogP contribution in [0.25, 0.3) is 5.57 Å². The molecule has 6 nitrogen and oxygen atoms in total. The molecule has 136 valence electrons. The number of para-hydroxylation sites is 1. The van der Waals surface area contributed by atoms with Crippen molar-refractivity contribution in [1.82, 2.24) is 4.57 Å². The second-order valence-electron chi connectivity index (χ2n) is 5.84. The molecule has 1 aromatic carbocycles. The van der Waals surface area contributed by atoms with Gasteiger partial charge >= 0.3 is 5.97 Å². The summed E-state index contributed by atoms with van der Waals surface area (Å²) in [6.07, 6.45) is 0.729. The van der Waals surface area contributed by atoms with Gasteiger partial charge in [-0.25, -0.2) is 4.99 Å². The molecule has 0 fully saturated rings. The Bertz CT molecular complexity index is 1070. The highest BCUT2D eigenvalue weighted by Crippen LogP contribution is 2.32. The smallest absolute Gasteiger partial charge is 0.305 e. The lowest BCUT2D eigenvalue weighted by molar-refractivity contribution is -0.143. The summed E-state index contributed by atoms with van der Waals surface area (Å²) < 4.78 is 6.89. The summed E-state index contributed by atoms with van der Waals surface area (Å²) in [6.45, 7) is 4.36. The van der Waals surface area contributed by atoms with Gasteiger partial charge in [0, 0.05) is 18.2 Å². The van der Waals surface area contributed by atoms with Crippen molar-refractivity contribution < 1.29 is 19.4 Å². The minimum absolute atomic E-state index is 0.0586. The quantitative estimate of drug-likeness (QED) is 0.603. The van der Waals surface area contributed by atoms with E-state index >= 15 is 0 Å². The van der Waals surface area contributed by atoms with Crippen molar-refractivity contribution in [2.24, 2.45) is 4.99 Å². The first kappa shape index (κ1) is 18.5. The van der Waals surface area contributed by atoms with Crippen molar-refractivity contribution >= 4 is 41.0 Å². The predicted molar refractivity (Wildman–Crippen MR) is 100 cm³/mol. The van der Waals surface area contributed by atoms with E-state index in [4.69, 9.17) is 17.0 Å². The number of aromatic hydroxyl groups is 1. The number of hydrogen-bond acceptors (Lipinski definition) is 6. The number of aromatic nitrogens is 1. The number of fused-ring (bicyclic) bond motifs is 1. The van der Waals surface area contributed by atoms with Crippen LogP contribution in [-0.2, 0) is 20.9 Å². The van der Waals surface area contributed by atoms with Gasteiger partial charge in [-0.15, -0.1) is 11.3 Å². The van der Waals surface area contributed by atoms with Gasteiger partial charge in [0.05, 0.1) is 17.5 Å². The number of ether oxygens (including phenoxy) is 1. The Hall–Kier alpha value is -2.32. The van der Waals surface area contributed by atoms with E-state index in [1.54, 1.807) is 11.5 Å². The normalized spacial score (nSPS) is 12.8. The van der Waals surface area contributed by atoms with E-state index in [1.807, 2.05) is 25.1 Å². The third kappa shape index (κ3) is 3.34. The van der Waals surface area contributed by atoms with E-state index in [9.17, 15) is 14.7 Å². The van der Waals surface area contributed by atoms with Crippen molar-refractivity contribution in [3.05, 3.63) is 43.2 Å². The first-order valence-corrected chi connectivity index (χ1v) is 9.48. The maximum atomic E-state index is 12.4. The van der Waals surface area contributed by atoms with Gasteiger partial charge < -0.3 is 9.84 Å². The number of thiazole rings is 1. The van der Waals surface area contributed by atoms with Crippen LogP contribution in [0.5, 0.6) is 5.88 Å². The lowest BCUT2D eigenvalue weighted by Gasteiger charge is -2.05. The molecule has 0 saturated heterocycles. The second-order valence-corrected chi connectivity index (χ2v) is 7.49. The average Bonchev–Trinajstić information content (AvgIpc) is 3.06. The molecule has 26 heavy (non-hydrogen) atoms. The van der Waals surface area contributed by atoms with Crippen molar-refractivity contribution in [2.75, 3.05) is 6.61 Å². The van der Waals surface area contributed by atoms with E-state index in [1.165, 1.54) is 11.3 Å². The van der Waals surface area contributed by atoms with Gasteiger partial charge in [-0.1, -0.05) is 18.2 Å². The van der Waals surface area contributed by atoms with Crippen molar-refractivity contribution in [2.45, 2.75) is 33.2 Å². The lowest BCUT2D eigenvalue weighted by atomic mass is 10.1. The van der Waals surface area contributed by atoms with Gasteiger partial charge in [-0.3, -0.25) is 14.2 Å². The van der Waals surface area contributed by atoms with Gasteiger partial charge in [-0.2, -0.15) is 0 Å². The number of nitrogens with zero attached hydrogens (tertiary/aromatic N) is 2. The molecule has 2 heterocycles. The summed E-state index contributed by atoms with van der Waals surface area (Å²) in [5.41, 5.74) is 1.28. The molecule has 8 heteroatoms. The fourth-order valence-corrected chi connectivity index (χ4v) is 4.26. The van der Waals surface area contributed by atoms with Gasteiger partial charge in [0.2, 0.25) is 5.88 Å². The molecular weight excluding hydrogens is 372 g/mol. The molecule has 0 bridgehead atoms. The Balaban J connectivity index is 1.96. The van der Waals surface area contributed by atoms with Crippen LogP contribution in [0.2, 0.25) is 0 Å². The van der Waals surface area contributed by atoms with Gasteiger partial charge in [0.15, 0.2) is 3.95 Å². The van der Waals surface area contributed by atoms with Crippen molar-refractivity contribution in [1.29, 1.82) is 0 Å². The number of benzene rings is 1. The highest BCUT2D eigenvalue weighted by Gasteiger charge is 2.25. The van der Waals surface area contributed by atoms with Crippen LogP contribution in [0, 0.1) is 10.9 Å². The van der Waals surface area contributed by atoms with Gasteiger partial charge in [-0.05, 0) is 38.0 Å². The number of esters is 1. The number of carbonyl (C=O) groups is 2. The van der Waals surface area contributed by atoms with Gasteiger partial charge in [0.25, 0.3) is 5.91 Å². The number of carbonyl (C=O) groups excluding carboxylic acids is 2. The fourth-order valence-electron chi connectivity index (χ4n) is 2.87. The maximum absolute atomic E-state index is 12.4. The van der Waals surface area contributed by atoms with Crippen molar-refractivity contribution in [3.63, 3.8) is 0 Å². The molecule has 0 aliphatic carbocycles. The van der Waals surface area contributed by atoms with E-state index in [2.05, 4.69) is 4.99 Å². The summed E-state index contributed by atoms with van der Waals surface area (Å²) >= 11 is 6.51. The summed E-state index contributed by atoms with van der Waals surface area (Å²) in [5.74, 6) is -0.714. The van der Waals surface area contributed by atoms with E-state index in [0.717, 1.165) is 5.56 Å². The molecule has 1 aliphatic rings. The Kier molecular flexibility index (Phi) is 5.33. The maximum Gasteiger partial charge on any atom is 0.305 e. The zero-order valence-electron chi connectivity index (χ0n) is 14.4. The van der Waals surface area contributed by atoms with E-state index in [0.29, 0.717) is 44.6 Å². The largest absolute Gasteiger partial charge is 0.493 e. The monoisotopic (exact) mass is 390 g/mol.